The molecule has 0 bridgehead atoms. The van der Waals surface area contributed by atoms with Crippen LogP contribution in [0, 0.1) is 0 Å². The molecule has 0 radical (unpaired) electrons. The van der Waals surface area contributed by atoms with Crippen molar-refractivity contribution in [2.75, 3.05) is 52.7 Å². The second-order valence-corrected chi connectivity index (χ2v) is 9.33. The molecular weight excluding hydrogens is 440 g/mol. The second-order valence-electron chi connectivity index (χ2n) is 9.33. The fourth-order valence-electron chi connectivity index (χ4n) is 4.86. The standard InChI is InChI=1S/C29H34N2O4/c32-26(20-33-21-27(24-7-3-1-4-8-24)25-9-5-2-6-10-25)19-31-15-13-30(14-16-31)18-23-11-12-28-29(17-23)35-22-34-28/h1-12,17,26-27,32H,13-16,18-22H2. The summed E-state index contributed by atoms with van der Waals surface area (Å²) in [7, 11) is 0. The van der Waals surface area contributed by atoms with Crippen LogP contribution >= 0.6 is 0 Å². The van der Waals surface area contributed by atoms with E-state index in [1.807, 2.05) is 18.2 Å². The van der Waals surface area contributed by atoms with Gasteiger partial charge in [0, 0.05) is 45.2 Å². The third kappa shape index (κ3) is 6.41. The molecule has 6 heteroatoms. The highest BCUT2D eigenvalue weighted by Gasteiger charge is 2.21. The van der Waals surface area contributed by atoms with Gasteiger partial charge < -0.3 is 19.3 Å². The van der Waals surface area contributed by atoms with Crippen molar-refractivity contribution in [3.05, 3.63) is 95.6 Å². The van der Waals surface area contributed by atoms with Crippen molar-refractivity contribution >= 4 is 0 Å². The quantitative estimate of drug-likeness (QED) is 0.483. The summed E-state index contributed by atoms with van der Waals surface area (Å²) in [5, 5.41) is 10.6. The highest BCUT2D eigenvalue weighted by molar-refractivity contribution is 5.44. The van der Waals surface area contributed by atoms with Gasteiger partial charge in [0.25, 0.3) is 0 Å². The number of hydrogen-bond donors (Lipinski definition) is 1. The number of ether oxygens (including phenoxy) is 3. The van der Waals surface area contributed by atoms with Crippen molar-refractivity contribution in [1.29, 1.82) is 0 Å². The van der Waals surface area contributed by atoms with Crippen LogP contribution in [0.1, 0.15) is 22.6 Å². The molecule has 1 N–H and O–H groups in total. The average molecular weight is 475 g/mol. The molecule has 3 aromatic carbocycles. The molecular formula is C29H34N2O4. The van der Waals surface area contributed by atoms with Gasteiger partial charge in [0.2, 0.25) is 6.79 Å². The second kappa shape index (κ2) is 11.7. The largest absolute Gasteiger partial charge is 0.454 e. The van der Waals surface area contributed by atoms with E-state index in [0.29, 0.717) is 26.6 Å². The molecule has 5 rings (SSSR count). The SMILES string of the molecule is OC(COCC(c1ccccc1)c1ccccc1)CN1CCN(Cc2ccc3c(c2)OCO3)CC1. The predicted octanol–water partition coefficient (Wildman–Crippen LogP) is 3.74. The molecule has 1 saturated heterocycles. The first-order valence-electron chi connectivity index (χ1n) is 12.4. The zero-order chi connectivity index (χ0) is 23.9. The van der Waals surface area contributed by atoms with Crippen molar-refractivity contribution in [3.63, 3.8) is 0 Å². The first-order chi connectivity index (χ1) is 17.2. The van der Waals surface area contributed by atoms with E-state index in [4.69, 9.17) is 14.2 Å². The Balaban J connectivity index is 1.05. The van der Waals surface area contributed by atoms with Gasteiger partial charge in [0.1, 0.15) is 0 Å². The van der Waals surface area contributed by atoms with Gasteiger partial charge in [-0.1, -0.05) is 66.7 Å². The van der Waals surface area contributed by atoms with Crippen LogP contribution in [0.5, 0.6) is 11.5 Å². The van der Waals surface area contributed by atoms with Gasteiger partial charge in [-0.25, -0.2) is 0 Å². The summed E-state index contributed by atoms with van der Waals surface area (Å²) in [4.78, 5) is 4.78. The molecule has 1 unspecified atom stereocenters. The van der Waals surface area contributed by atoms with Gasteiger partial charge in [-0.05, 0) is 28.8 Å². The molecule has 0 aliphatic carbocycles. The number of aliphatic hydroxyl groups is 1. The summed E-state index contributed by atoms with van der Waals surface area (Å²) in [5.74, 6) is 1.82. The molecule has 2 aliphatic heterocycles. The summed E-state index contributed by atoms with van der Waals surface area (Å²) < 4.78 is 16.9. The lowest BCUT2D eigenvalue weighted by Crippen LogP contribution is -2.48. The van der Waals surface area contributed by atoms with E-state index < -0.39 is 6.10 Å². The maximum atomic E-state index is 10.6. The average Bonchev–Trinajstić information content (AvgIpc) is 3.37. The van der Waals surface area contributed by atoms with Gasteiger partial charge in [0.15, 0.2) is 11.5 Å². The number of nitrogens with zero attached hydrogens (tertiary/aromatic N) is 2. The number of benzene rings is 3. The zero-order valence-corrected chi connectivity index (χ0v) is 20.1. The van der Waals surface area contributed by atoms with E-state index in [0.717, 1.165) is 44.2 Å². The van der Waals surface area contributed by atoms with E-state index in [9.17, 15) is 5.11 Å². The van der Waals surface area contributed by atoms with E-state index in [1.165, 1.54) is 16.7 Å². The van der Waals surface area contributed by atoms with Gasteiger partial charge in [-0.3, -0.25) is 9.80 Å². The fourth-order valence-corrected chi connectivity index (χ4v) is 4.86. The number of aliphatic hydroxyl groups excluding tert-OH is 1. The van der Waals surface area contributed by atoms with Crippen LogP contribution in [-0.4, -0.2) is 73.7 Å². The normalized spacial score (nSPS) is 17.1. The lowest BCUT2D eigenvalue weighted by atomic mass is 9.92. The third-order valence-corrected chi connectivity index (χ3v) is 6.78. The Hall–Kier alpha value is -2.90. The van der Waals surface area contributed by atoms with Crippen LogP contribution in [0.4, 0.5) is 0 Å². The van der Waals surface area contributed by atoms with Gasteiger partial charge in [-0.15, -0.1) is 0 Å². The molecule has 1 atom stereocenters. The minimum absolute atomic E-state index is 0.157. The van der Waals surface area contributed by atoms with Crippen molar-refractivity contribution in [1.82, 2.24) is 9.80 Å². The minimum atomic E-state index is -0.498. The van der Waals surface area contributed by atoms with Gasteiger partial charge in [0.05, 0.1) is 19.3 Å². The highest BCUT2D eigenvalue weighted by atomic mass is 16.7. The Labute approximate surface area is 207 Å². The van der Waals surface area contributed by atoms with E-state index in [2.05, 4.69) is 70.5 Å². The highest BCUT2D eigenvalue weighted by Crippen LogP contribution is 2.33. The predicted molar refractivity (Wildman–Crippen MR) is 136 cm³/mol. The molecule has 2 heterocycles. The lowest BCUT2D eigenvalue weighted by Gasteiger charge is -2.35. The maximum Gasteiger partial charge on any atom is 0.231 e. The number of piperazine rings is 1. The number of hydrogen-bond acceptors (Lipinski definition) is 6. The topological polar surface area (TPSA) is 54.4 Å². The molecule has 0 aromatic heterocycles. The smallest absolute Gasteiger partial charge is 0.231 e. The monoisotopic (exact) mass is 474 g/mol. The molecule has 0 amide bonds. The third-order valence-electron chi connectivity index (χ3n) is 6.78. The number of β-amino-alcohol motifs (C(OH)–C–C–N with tert-alkyl or cyclic N) is 1. The Bertz CT molecular complexity index is 1020. The summed E-state index contributed by atoms with van der Waals surface area (Å²) in [5.41, 5.74) is 3.70. The first-order valence-corrected chi connectivity index (χ1v) is 12.4. The Kier molecular flexibility index (Phi) is 7.96. The van der Waals surface area contributed by atoms with E-state index >= 15 is 0 Å². The molecule has 2 aliphatic rings. The summed E-state index contributed by atoms with van der Waals surface area (Å²) >= 11 is 0. The summed E-state index contributed by atoms with van der Waals surface area (Å²) in [6.07, 6.45) is -0.498. The van der Waals surface area contributed by atoms with Crippen molar-refractivity contribution < 1.29 is 19.3 Å². The van der Waals surface area contributed by atoms with Crippen LogP contribution < -0.4 is 9.47 Å². The number of rotatable bonds is 10. The number of fused-ring (bicyclic) bond motifs is 1. The van der Waals surface area contributed by atoms with Crippen LogP contribution in [0.2, 0.25) is 0 Å². The Morgan fingerprint density at radius 1 is 0.743 bits per heavy atom. The summed E-state index contributed by atoms with van der Waals surface area (Å²) in [6.45, 7) is 6.58. The molecule has 35 heavy (non-hydrogen) atoms. The lowest BCUT2D eigenvalue weighted by molar-refractivity contribution is 0.00469. The molecule has 1 fully saturated rings. The van der Waals surface area contributed by atoms with Crippen molar-refractivity contribution in [2.24, 2.45) is 0 Å². The van der Waals surface area contributed by atoms with E-state index in [-0.39, 0.29) is 5.92 Å². The molecule has 184 valence electrons. The van der Waals surface area contributed by atoms with Gasteiger partial charge in [-0.2, -0.15) is 0 Å². The van der Waals surface area contributed by atoms with Crippen molar-refractivity contribution in [3.8, 4) is 11.5 Å². The Morgan fingerprint density at radius 3 is 2.06 bits per heavy atom. The molecule has 3 aromatic rings. The first kappa shape index (κ1) is 23.8. The maximum absolute atomic E-state index is 10.6. The van der Waals surface area contributed by atoms with E-state index in [1.54, 1.807) is 0 Å². The van der Waals surface area contributed by atoms with Crippen LogP contribution in [0.3, 0.4) is 0 Å². The molecule has 0 spiro atoms. The fraction of sp³-hybridized carbons (Fsp3) is 0.379. The van der Waals surface area contributed by atoms with Gasteiger partial charge >= 0.3 is 0 Å². The molecule has 6 nitrogen and oxygen atoms in total. The molecule has 0 saturated carbocycles. The van der Waals surface area contributed by atoms with Crippen LogP contribution in [0.25, 0.3) is 0 Å². The van der Waals surface area contributed by atoms with Crippen LogP contribution in [-0.2, 0) is 11.3 Å². The minimum Gasteiger partial charge on any atom is -0.454 e. The van der Waals surface area contributed by atoms with Crippen molar-refractivity contribution in [2.45, 2.75) is 18.6 Å². The zero-order valence-electron chi connectivity index (χ0n) is 20.1. The van der Waals surface area contributed by atoms with Crippen LogP contribution in [0.15, 0.2) is 78.9 Å². The Morgan fingerprint density at radius 2 is 1.37 bits per heavy atom. The summed E-state index contributed by atoms with van der Waals surface area (Å²) in [6, 6.07) is 27.0.